The molecule has 162 valence electrons. The maximum Gasteiger partial charge on any atom is 0.264 e. The Morgan fingerprint density at radius 3 is 2.59 bits per heavy atom. The molecular formula is C27H26N2O3. The van der Waals surface area contributed by atoms with Crippen LogP contribution in [0.3, 0.4) is 0 Å². The van der Waals surface area contributed by atoms with Crippen LogP contribution in [0.25, 0.3) is 16.8 Å². The number of likely N-dealkylation sites (tertiary alicyclic amines) is 1. The number of nitriles is 1. The van der Waals surface area contributed by atoms with Crippen molar-refractivity contribution in [2.75, 3.05) is 19.7 Å². The average Bonchev–Trinajstić information content (AvgIpc) is 3.37. The molecule has 32 heavy (non-hydrogen) atoms. The fourth-order valence-corrected chi connectivity index (χ4v) is 3.97. The van der Waals surface area contributed by atoms with Crippen LogP contribution in [0.1, 0.15) is 30.9 Å². The number of hydrogen-bond donors (Lipinski definition) is 0. The molecular weight excluding hydrogens is 400 g/mol. The van der Waals surface area contributed by atoms with Crippen molar-refractivity contribution in [1.29, 1.82) is 5.26 Å². The summed E-state index contributed by atoms with van der Waals surface area (Å²) in [5, 5.41) is 11.9. The molecule has 0 bridgehead atoms. The Kier molecular flexibility index (Phi) is 6.72. The first kappa shape index (κ1) is 21.5. The summed E-state index contributed by atoms with van der Waals surface area (Å²) in [6, 6.07) is 21.9. The molecule has 0 N–H and O–H groups in total. The molecule has 0 aromatic heterocycles. The molecule has 1 aliphatic rings. The van der Waals surface area contributed by atoms with Gasteiger partial charge < -0.3 is 14.4 Å². The molecule has 3 aromatic rings. The molecule has 0 radical (unpaired) electrons. The standard InChI is InChI=1S/C27H26N2O3/c1-2-31-26-17-20(16-23(18-28)27(30)29-14-5-6-15-29)12-13-25(26)32-19-22-10-7-9-21-8-3-4-11-24(21)22/h3-4,7-13,16-17H,2,5-6,14-15,19H2,1H3/b23-16+. The van der Waals surface area contributed by atoms with Crippen molar-refractivity contribution in [3.8, 4) is 17.6 Å². The number of nitrogens with zero attached hydrogens (tertiary/aromatic N) is 2. The maximum atomic E-state index is 12.6. The highest BCUT2D eigenvalue weighted by molar-refractivity contribution is 6.01. The lowest BCUT2D eigenvalue weighted by atomic mass is 10.1. The lowest BCUT2D eigenvalue weighted by Gasteiger charge is -2.15. The fraction of sp³-hybridized carbons (Fsp3) is 0.259. The van der Waals surface area contributed by atoms with Gasteiger partial charge in [0.15, 0.2) is 11.5 Å². The van der Waals surface area contributed by atoms with Crippen molar-refractivity contribution >= 4 is 22.8 Å². The molecule has 5 heteroatoms. The molecule has 0 saturated carbocycles. The van der Waals surface area contributed by atoms with Crippen molar-refractivity contribution in [2.24, 2.45) is 0 Å². The Balaban J connectivity index is 1.56. The first-order valence-electron chi connectivity index (χ1n) is 11.0. The summed E-state index contributed by atoms with van der Waals surface area (Å²) in [4.78, 5) is 14.3. The van der Waals surface area contributed by atoms with E-state index in [2.05, 4.69) is 30.3 Å². The molecule has 1 saturated heterocycles. The van der Waals surface area contributed by atoms with Crippen LogP contribution in [0.15, 0.2) is 66.2 Å². The minimum absolute atomic E-state index is 0.138. The summed E-state index contributed by atoms with van der Waals surface area (Å²) in [7, 11) is 0. The summed E-state index contributed by atoms with van der Waals surface area (Å²) < 4.78 is 11.9. The van der Waals surface area contributed by atoms with Crippen LogP contribution in [0.5, 0.6) is 11.5 Å². The number of benzene rings is 3. The van der Waals surface area contributed by atoms with Gasteiger partial charge in [-0.2, -0.15) is 5.26 Å². The predicted molar refractivity (Wildman–Crippen MR) is 125 cm³/mol. The van der Waals surface area contributed by atoms with Crippen molar-refractivity contribution in [1.82, 2.24) is 4.90 Å². The topological polar surface area (TPSA) is 62.6 Å². The molecule has 0 aliphatic carbocycles. The van der Waals surface area contributed by atoms with E-state index < -0.39 is 0 Å². The van der Waals surface area contributed by atoms with E-state index in [1.54, 1.807) is 11.0 Å². The molecule has 0 unspecified atom stereocenters. The van der Waals surface area contributed by atoms with Gasteiger partial charge >= 0.3 is 0 Å². The molecule has 3 aromatic carbocycles. The molecule has 1 aliphatic heterocycles. The van der Waals surface area contributed by atoms with Crippen LogP contribution < -0.4 is 9.47 Å². The average molecular weight is 427 g/mol. The van der Waals surface area contributed by atoms with E-state index in [4.69, 9.17) is 9.47 Å². The Labute approximate surface area is 188 Å². The third-order valence-corrected chi connectivity index (χ3v) is 5.59. The summed E-state index contributed by atoms with van der Waals surface area (Å²) >= 11 is 0. The van der Waals surface area contributed by atoms with E-state index in [0.717, 1.165) is 29.4 Å². The first-order chi connectivity index (χ1) is 15.7. The van der Waals surface area contributed by atoms with Gasteiger partial charge in [-0.3, -0.25) is 4.79 Å². The zero-order chi connectivity index (χ0) is 22.3. The lowest BCUT2D eigenvalue weighted by molar-refractivity contribution is -0.125. The van der Waals surface area contributed by atoms with Gasteiger partial charge in [0.1, 0.15) is 18.2 Å². The van der Waals surface area contributed by atoms with Crippen LogP contribution in [0, 0.1) is 11.3 Å². The van der Waals surface area contributed by atoms with Crippen molar-refractivity contribution in [3.63, 3.8) is 0 Å². The van der Waals surface area contributed by atoms with Crippen LogP contribution in [0.2, 0.25) is 0 Å². The number of ether oxygens (including phenoxy) is 2. The first-order valence-corrected chi connectivity index (χ1v) is 11.0. The van der Waals surface area contributed by atoms with Gasteiger partial charge in [-0.1, -0.05) is 48.5 Å². The minimum Gasteiger partial charge on any atom is -0.490 e. The SMILES string of the molecule is CCOc1cc(/C=C(\C#N)C(=O)N2CCCC2)ccc1OCc1cccc2ccccc12. The lowest BCUT2D eigenvalue weighted by Crippen LogP contribution is -2.28. The molecule has 0 spiro atoms. The van der Waals surface area contributed by atoms with Crippen molar-refractivity contribution in [2.45, 2.75) is 26.4 Å². The van der Waals surface area contributed by atoms with E-state index in [-0.39, 0.29) is 11.5 Å². The van der Waals surface area contributed by atoms with Crippen LogP contribution in [0.4, 0.5) is 0 Å². The van der Waals surface area contributed by atoms with Gasteiger partial charge in [-0.25, -0.2) is 0 Å². The Hall–Kier alpha value is -3.78. The van der Waals surface area contributed by atoms with Crippen LogP contribution >= 0.6 is 0 Å². The van der Waals surface area contributed by atoms with Crippen LogP contribution in [-0.4, -0.2) is 30.5 Å². The number of carbonyl (C=O) groups excluding carboxylic acids is 1. The number of hydrogen-bond acceptors (Lipinski definition) is 4. The zero-order valence-corrected chi connectivity index (χ0v) is 18.2. The second kappa shape index (κ2) is 10.0. The molecule has 1 heterocycles. The van der Waals surface area contributed by atoms with E-state index in [9.17, 15) is 10.1 Å². The molecule has 5 nitrogen and oxygen atoms in total. The number of rotatable bonds is 7. The van der Waals surface area contributed by atoms with Crippen molar-refractivity contribution in [3.05, 3.63) is 77.4 Å². The zero-order valence-electron chi connectivity index (χ0n) is 18.2. The maximum absolute atomic E-state index is 12.6. The van der Waals surface area contributed by atoms with Crippen LogP contribution in [-0.2, 0) is 11.4 Å². The predicted octanol–water partition coefficient (Wildman–Crippen LogP) is 5.35. The Bertz CT molecular complexity index is 1180. The number of fused-ring (bicyclic) bond motifs is 1. The number of carbonyl (C=O) groups is 1. The molecule has 1 amide bonds. The summed E-state index contributed by atoms with van der Waals surface area (Å²) in [6.45, 7) is 4.23. The molecule has 4 rings (SSSR count). The van der Waals surface area contributed by atoms with Gasteiger partial charge in [0.25, 0.3) is 5.91 Å². The van der Waals surface area contributed by atoms with Gasteiger partial charge in [0, 0.05) is 13.1 Å². The Morgan fingerprint density at radius 2 is 1.81 bits per heavy atom. The second-order valence-corrected chi connectivity index (χ2v) is 7.74. The van der Waals surface area contributed by atoms with Crippen molar-refractivity contribution < 1.29 is 14.3 Å². The summed E-state index contributed by atoms with van der Waals surface area (Å²) in [6.07, 6.45) is 3.60. The van der Waals surface area contributed by atoms with E-state index in [0.29, 0.717) is 37.8 Å². The van der Waals surface area contributed by atoms with Gasteiger partial charge in [-0.15, -0.1) is 0 Å². The van der Waals surface area contributed by atoms with Gasteiger partial charge in [0.2, 0.25) is 0 Å². The second-order valence-electron chi connectivity index (χ2n) is 7.74. The minimum atomic E-state index is -0.209. The van der Waals surface area contributed by atoms with E-state index in [1.165, 1.54) is 5.39 Å². The molecule has 1 fully saturated rings. The normalized spacial score (nSPS) is 13.8. The fourth-order valence-electron chi connectivity index (χ4n) is 3.97. The number of amides is 1. The highest BCUT2D eigenvalue weighted by atomic mass is 16.5. The van der Waals surface area contributed by atoms with Gasteiger partial charge in [0.05, 0.1) is 6.61 Å². The third kappa shape index (κ3) is 4.76. The Morgan fingerprint density at radius 1 is 1.03 bits per heavy atom. The quantitative estimate of drug-likeness (QED) is 0.378. The highest BCUT2D eigenvalue weighted by Gasteiger charge is 2.21. The molecule has 0 atom stereocenters. The smallest absolute Gasteiger partial charge is 0.264 e. The van der Waals surface area contributed by atoms with E-state index >= 15 is 0 Å². The monoisotopic (exact) mass is 426 g/mol. The van der Waals surface area contributed by atoms with E-state index in [1.807, 2.05) is 43.3 Å². The van der Waals surface area contributed by atoms with Gasteiger partial charge in [-0.05, 0) is 59.9 Å². The summed E-state index contributed by atoms with van der Waals surface area (Å²) in [5.74, 6) is 1.01. The largest absolute Gasteiger partial charge is 0.490 e. The summed E-state index contributed by atoms with van der Waals surface area (Å²) in [5.41, 5.74) is 1.96. The third-order valence-electron chi connectivity index (χ3n) is 5.59. The highest BCUT2D eigenvalue weighted by Crippen LogP contribution is 2.31.